The molecule has 94 valence electrons. The van der Waals surface area contributed by atoms with E-state index in [1.807, 2.05) is 13.8 Å². The minimum atomic E-state index is -0.570. The van der Waals surface area contributed by atoms with E-state index in [1.54, 1.807) is 0 Å². The summed E-state index contributed by atoms with van der Waals surface area (Å²) >= 11 is 0. The van der Waals surface area contributed by atoms with E-state index >= 15 is 0 Å². The van der Waals surface area contributed by atoms with Crippen LogP contribution < -0.4 is 0 Å². The van der Waals surface area contributed by atoms with E-state index in [-0.39, 0.29) is 6.10 Å². The summed E-state index contributed by atoms with van der Waals surface area (Å²) in [6, 6.07) is 8.39. The van der Waals surface area contributed by atoms with Crippen molar-refractivity contribution in [1.82, 2.24) is 0 Å². The minimum absolute atomic E-state index is 0.0558. The molecule has 0 aliphatic carbocycles. The summed E-state index contributed by atoms with van der Waals surface area (Å²) in [6.45, 7) is 7.81. The molecule has 1 unspecified atom stereocenters. The molecule has 3 heteroatoms. The largest absolute Gasteiger partial charge is 0.368 e. The average molecular weight is 236 g/mol. The first-order valence-corrected chi connectivity index (χ1v) is 6.05. The average Bonchev–Trinajstić information content (AvgIpc) is 2.75. The van der Waals surface area contributed by atoms with E-state index in [0.29, 0.717) is 19.8 Å². The maximum Gasteiger partial charge on any atom is 0.189 e. The van der Waals surface area contributed by atoms with Crippen LogP contribution in [0.1, 0.15) is 31.1 Å². The maximum atomic E-state index is 5.80. The fourth-order valence-corrected chi connectivity index (χ4v) is 1.85. The van der Waals surface area contributed by atoms with Crippen molar-refractivity contribution in [3.8, 4) is 0 Å². The summed E-state index contributed by atoms with van der Waals surface area (Å²) in [5.74, 6) is -0.570. The van der Waals surface area contributed by atoms with Crippen LogP contribution in [0.15, 0.2) is 24.3 Å². The molecule has 1 aliphatic rings. The number of benzene rings is 1. The lowest BCUT2D eigenvalue weighted by molar-refractivity contribution is -0.189. The van der Waals surface area contributed by atoms with Crippen LogP contribution in [0.25, 0.3) is 0 Å². The monoisotopic (exact) mass is 236 g/mol. The second-order valence-corrected chi connectivity index (χ2v) is 4.69. The first-order valence-electron chi connectivity index (χ1n) is 6.05. The summed E-state index contributed by atoms with van der Waals surface area (Å²) in [5, 5.41) is 0. The lowest BCUT2D eigenvalue weighted by Crippen LogP contribution is -2.32. The van der Waals surface area contributed by atoms with Gasteiger partial charge in [-0.25, -0.2) is 0 Å². The zero-order valence-corrected chi connectivity index (χ0v) is 10.7. The second kappa shape index (κ2) is 5.17. The van der Waals surface area contributed by atoms with E-state index < -0.39 is 5.79 Å². The second-order valence-electron chi connectivity index (χ2n) is 4.69. The Morgan fingerprint density at radius 2 is 1.82 bits per heavy atom. The third-order valence-electron chi connectivity index (χ3n) is 3.04. The van der Waals surface area contributed by atoms with Crippen LogP contribution in [0.4, 0.5) is 0 Å². The third-order valence-corrected chi connectivity index (χ3v) is 3.04. The van der Waals surface area contributed by atoms with E-state index in [4.69, 9.17) is 14.2 Å². The van der Waals surface area contributed by atoms with Gasteiger partial charge in [-0.15, -0.1) is 0 Å². The summed E-state index contributed by atoms with van der Waals surface area (Å²) in [4.78, 5) is 0. The van der Waals surface area contributed by atoms with Crippen LogP contribution >= 0.6 is 0 Å². The molecule has 1 aromatic carbocycles. The van der Waals surface area contributed by atoms with Gasteiger partial charge in [0.25, 0.3) is 0 Å². The quantitative estimate of drug-likeness (QED) is 0.804. The highest BCUT2D eigenvalue weighted by atomic mass is 16.7. The van der Waals surface area contributed by atoms with Gasteiger partial charge in [-0.1, -0.05) is 29.8 Å². The smallest absolute Gasteiger partial charge is 0.189 e. The summed E-state index contributed by atoms with van der Waals surface area (Å²) in [7, 11) is 0. The van der Waals surface area contributed by atoms with Crippen LogP contribution in [0.2, 0.25) is 0 Å². The number of hydrogen-bond acceptors (Lipinski definition) is 3. The van der Waals surface area contributed by atoms with E-state index in [1.165, 1.54) is 11.1 Å². The van der Waals surface area contributed by atoms with Crippen LogP contribution in [-0.2, 0) is 14.2 Å². The highest BCUT2D eigenvalue weighted by molar-refractivity contribution is 5.22. The number of rotatable bonds is 4. The molecule has 17 heavy (non-hydrogen) atoms. The van der Waals surface area contributed by atoms with Gasteiger partial charge in [-0.05, 0) is 26.3 Å². The molecule has 3 nitrogen and oxygen atoms in total. The zero-order chi connectivity index (χ0) is 12.3. The molecule has 2 rings (SSSR count). The van der Waals surface area contributed by atoms with E-state index in [0.717, 1.165) is 0 Å². The topological polar surface area (TPSA) is 27.7 Å². The van der Waals surface area contributed by atoms with Crippen LogP contribution in [0, 0.1) is 6.92 Å². The normalized spacial score (nSPS) is 20.4. The molecule has 1 aromatic rings. The highest BCUT2D eigenvalue weighted by Gasteiger charge is 2.31. The molecule has 0 aromatic heterocycles. The van der Waals surface area contributed by atoms with Crippen LogP contribution in [-0.4, -0.2) is 25.6 Å². The molecule has 0 amide bonds. The molecule has 0 N–H and O–H groups in total. The van der Waals surface area contributed by atoms with Crippen molar-refractivity contribution in [2.75, 3.05) is 19.8 Å². The maximum absolute atomic E-state index is 5.80. The van der Waals surface area contributed by atoms with Gasteiger partial charge < -0.3 is 14.2 Å². The van der Waals surface area contributed by atoms with E-state index in [2.05, 4.69) is 31.2 Å². The Hall–Kier alpha value is -0.900. The zero-order valence-electron chi connectivity index (χ0n) is 10.7. The molecule has 0 saturated carbocycles. The standard InChI is InChI=1S/C14H20O3/c1-11-4-6-13(7-5-11)12(2)15-10-14(3)16-8-9-17-14/h4-7,12H,8-10H2,1-3H3. The van der Waals surface area contributed by atoms with Crippen molar-refractivity contribution >= 4 is 0 Å². The Kier molecular flexibility index (Phi) is 3.82. The number of hydrogen-bond donors (Lipinski definition) is 0. The van der Waals surface area contributed by atoms with E-state index in [9.17, 15) is 0 Å². The van der Waals surface area contributed by atoms with Gasteiger partial charge >= 0.3 is 0 Å². The fourth-order valence-electron chi connectivity index (χ4n) is 1.85. The first-order chi connectivity index (χ1) is 8.09. The van der Waals surface area contributed by atoms with Crippen LogP contribution in [0.3, 0.4) is 0 Å². The Balaban J connectivity index is 1.88. The van der Waals surface area contributed by atoms with Gasteiger partial charge in [0.1, 0.15) is 6.61 Å². The SMILES string of the molecule is Cc1ccc(C(C)OCC2(C)OCCO2)cc1. The molecule has 1 aliphatic heterocycles. The molecule has 1 fully saturated rings. The highest BCUT2D eigenvalue weighted by Crippen LogP contribution is 2.23. The van der Waals surface area contributed by atoms with Crippen molar-refractivity contribution in [3.63, 3.8) is 0 Å². The summed E-state index contributed by atoms with van der Waals surface area (Å²) in [6.07, 6.45) is 0.0558. The molecule has 0 spiro atoms. The van der Waals surface area contributed by atoms with Crippen molar-refractivity contribution in [2.24, 2.45) is 0 Å². The molecule has 0 bridgehead atoms. The van der Waals surface area contributed by atoms with Gasteiger partial charge in [-0.2, -0.15) is 0 Å². The molecule has 0 radical (unpaired) electrons. The first kappa shape index (κ1) is 12.6. The molecule has 1 atom stereocenters. The fraction of sp³-hybridized carbons (Fsp3) is 0.571. The van der Waals surface area contributed by atoms with Gasteiger partial charge in [0.05, 0.1) is 19.3 Å². The predicted octanol–water partition coefficient (Wildman–Crippen LogP) is 2.84. The lowest BCUT2D eigenvalue weighted by atomic mass is 10.1. The molecular weight excluding hydrogens is 216 g/mol. The van der Waals surface area contributed by atoms with Gasteiger partial charge in [0.2, 0.25) is 0 Å². The predicted molar refractivity (Wildman–Crippen MR) is 65.9 cm³/mol. The van der Waals surface area contributed by atoms with Gasteiger partial charge in [-0.3, -0.25) is 0 Å². The van der Waals surface area contributed by atoms with Crippen molar-refractivity contribution in [1.29, 1.82) is 0 Å². The Morgan fingerprint density at radius 1 is 1.24 bits per heavy atom. The van der Waals surface area contributed by atoms with Crippen molar-refractivity contribution in [3.05, 3.63) is 35.4 Å². The molecule has 1 saturated heterocycles. The number of aryl methyl sites for hydroxylation is 1. The van der Waals surface area contributed by atoms with Gasteiger partial charge in [0.15, 0.2) is 5.79 Å². The van der Waals surface area contributed by atoms with Gasteiger partial charge in [0, 0.05) is 0 Å². The molecule has 1 heterocycles. The summed E-state index contributed by atoms with van der Waals surface area (Å²) < 4.78 is 16.8. The van der Waals surface area contributed by atoms with Crippen LogP contribution in [0.5, 0.6) is 0 Å². The lowest BCUT2D eigenvalue weighted by Gasteiger charge is -2.24. The van der Waals surface area contributed by atoms with Crippen molar-refractivity contribution < 1.29 is 14.2 Å². The Morgan fingerprint density at radius 3 is 2.41 bits per heavy atom. The minimum Gasteiger partial charge on any atom is -0.368 e. The van der Waals surface area contributed by atoms with Crippen molar-refractivity contribution in [2.45, 2.75) is 32.7 Å². The molecular formula is C14H20O3. The Bertz CT molecular complexity index is 352. The third kappa shape index (κ3) is 3.28. The summed E-state index contributed by atoms with van der Waals surface area (Å²) in [5.41, 5.74) is 2.44. The number of ether oxygens (including phenoxy) is 3. The Labute approximate surface area is 103 Å².